The molecule has 1 N–H and O–H groups in total. The first-order valence-electron chi connectivity index (χ1n) is 10.8. The second-order valence-electron chi connectivity index (χ2n) is 10.3. The lowest BCUT2D eigenvalue weighted by Gasteiger charge is -2.26. The minimum absolute atomic E-state index is 0.0774. The van der Waals surface area contributed by atoms with Crippen molar-refractivity contribution in [1.29, 1.82) is 10.5 Å². The maximum Gasteiger partial charge on any atom is 0.226 e. The molecule has 3 rings (SSSR count). The number of fused-ring (bicyclic) bond motifs is 1. The van der Waals surface area contributed by atoms with E-state index in [-0.39, 0.29) is 22.1 Å². The average Bonchev–Trinajstić information content (AvgIpc) is 3.09. The fourth-order valence-electron chi connectivity index (χ4n) is 3.64. The number of hydrogen-bond acceptors (Lipinski definition) is 5. The van der Waals surface area contributed by atoms with Crippen LogP contribution in [-0.2, 0) is 17.9 Å². The van der Waals surface area contributed by atoms with Crippen molar-refractivity contribution in [3.05, 3.63) is 64.8 Å². The van der Waals surface area contributed by atoms with Gasteiger partial charge in [0.15, 0.2) is 0 Å². The van der Waals surface area contributed by atoms with Crippen LogP contribution < -0.4 is 5.43 Å². The predicted octanol–water partition coefficient (Wildman–Crippen LogP) is 5.82. The molecule has 0 atom stereocenters. The average molecular weight is 440 g/mol. The molecule has 0 unspecified atom stereocenters. The normalized spacial score (nSPS) is 12.3. The summed E-state index contributed by atoms with van der Waals surface area (Å²) in [6, 6.07) is 15.5. The Labute approximate surface area is 195 Å². The molecule has 0 spiro atoms. The zero-order chi connectivity index (χ0) is 24.6. The van der Waals surface area contributed by atoms with Crippen LogP contribution in [0.25, 0.3) is 10.9 Å². The lowest BCUT2D eigenvalue weighted by Crippen LogP contribution is -2.17. The van der Waals surface area contributed by atoms with Crippen LogP contribution >= 0.6 is 0 Å². The lowest BCUT2D eigenvalue weighted by atomic mass is 9.80. The van der Waals surface area contributed by atoms with Gasteiger partial charge in [0.25, 0.3) is 0 Å². The third-order valence-corrected chi connectivity index (χ3v) is 5.66. The summed E-state index contributed by atoms with van der Waals surface area (Å²) in [6.07, 6.45) is 1.64. The van der Waals surface area contributed by atoms with Crippen LogP contribution in [0, 0.1) is 22.7 Å². The van der Waals surface area contributed by atoms with Crippen molar-refractivity contribution in [3.8, 4) is 12.1 Å². The number of aryl methyl sites for hydroxylation is 1. The van der Waals surface area contributed by atoms with Crippen molar-refractivity contribution in [1.82, 2.24) is 4.57 Å². The Hall–Kier alpha value is -3.90. The molecule has 3 aromatic rings. The summed E-state index contributed by atoms with van der Waals surface area (Å²) in [5.41, 5.74) is 6.89. The summed E-state index contributed by atoms with van der Waals surface area (Å²) in [7, 11) is 1.80. The number of rotatable bonds is 4. The molecule has 1 heterocycles. The monoisotopic (exact) mass is 439 g/mol. The molecule has 0 bridgehead atoms. The van der Waals surface area contributed by atoms with Gasteiger partial charge < -0.3 is 4.57 Å². The summed E-state index contributed by atoms with van der Waals surface area (Å²) in [5.74, 6) is -0.527. The van der Waals surface area contributed by atoms with Gasteiger partial charge in [-0.1, -0.05) is 53.7 Å². The van der Waals surface area contributed by atoms with E-state index < -0.39 is 5.78 Å². The van der Waals surface area contributed by atoms with Gasteiger partial charge in [-0.15, -0.1) is 0 Å². The van der Waals surface area contributed by atoms with Gasteiger partial charge in [-0.05, 0) is 46.2 Å². The van der Waals surface area contributed by atoms with E-state index in [1.807, 2.05) is 24.3 Å². The lowest BCUT2D eigenvalue weighted by molar-refractivity contribution is 0.106. The van der Waals surface area contributed by atoms with Gasteiger partial charge in [-0.25, -0.2) is 0 Å². The minimum Gasteiger partial charge on any atom is -0.350 e. The Balaban J connectivity index is 2.05. The SMILES string of the molecule is Cn1cc(C(=O)/C(C#N)=N/Nc2cc(C(C)(C)C)cc(C(C)(C)C)c2)c2c(C#N)cccc21. The van der Waals surface area contributed by atoms with Crippen LogP contribution in [0.2, 0.25) is 0 Å². The van der Waals surface area contributed by atoms with Crippen molar-refractivity contribution >= 4 is 28.1 Å². The van der Waals surface area contributed by atoms with Gasteiger partial charge >= 0.3 is 0 Å². The van der Waals surface area contributed by atoms with E-state index in [1.165, 1.54) is 0 Å². The standard InChI is InChI=1S/C27H29N5O/c1-26(2,3)18-11-19(27(4,5)6)13-20(12-18)30-31-22(15-29)25(33)21-16-32(7)23-10-8-9-17(14-28)24(21)23/h8-13,16,30H,1-7H3/b31-22+. The first kappa shape index (κ1) is 23.8. The summed E-state index contributed by atoms with van der Waals surface area (Å²) < 4.78 is 1.77. The van der Waals surface area contributed by atoms with Gasteiger partial charge in [0.05, 0.1) is 22.9 Å². The Morgan fingerprint density at radius 3 is 2.12 bits per heavy atom. The van der Waals surface area contributed by atoms with Gasteiger partial charge in [0.2, 0.25) is 11.5 Å². The van der Waals surface area contributed by atoms with E-state index >= 15 is 0 Å². The van der Waals surface area contributed by atoms with Crippen molar-refractivity contribution in [3.63, 3.8) is 0 Å². The smallest absolute Gasteiger partial charge is 0.226 e. The van der Waals surface area contributed by atoms with Crippen LogP contribution in [-0.4, -0.2) is 16.1 Å². The fraction of sp³-hybridized carbons (Fsp3) is 0.333. The molecule has 0 fully saturated rings. The van der Waals surface area contributed by atoms with Crippen molar-refractivity contribution in [2.24, 2.45) is 12.1 Å². The van der Waals surface area contributed by atoms with E-state index in [9.17, 15) is 15.3 Å². The van der Waals surface area contributed by atoms with Gasteiger partial charge in [-0.3, -0.25) is 10.2 Å². The maximum absolute atomic E-state index is 13.2. The summed E-state index contributed by atoms with van der Waals surface area (Å²) in [5, 5.41) is 23.9. The quantitative estimate of drug-likeness (QED) is 0.315. The molecule has 0 saturated heterocycles. The number of nitrogens with zero attached hydrogens (tertiary/aromatic N) is 4. The minimum atomic E-state index is -0.527. The molecule has 0 radical (unpaired) electrons. The Morgan fingerprint density at radius 1 is 1.00 bits per heavy atom. The van der Waals surface area contributed by atoms with E-state index in [0.29, 0.717) is 16.6 Å². The van der Waals surface area contributed by atoms with Crippen LogP contribution in [0.5, 0.6) is 0 Å². The molecular weight excluding hydrogens is 410 g/mol. The highest BCUT2D eigenvalue weighted by molar-refractivity contribution is 6.53. The number of carbonyl (C=O) groups excluding carboxylic acids is 1. The molecule has 2 aromatic carbocycles. The first-order chi connectivity index (χ1) is 15.4. The zero-order valence-electron chi connectivity index (χ0n) is 20.2. The number of ketones is 1. The largest absolute Gasteiger partial charge is 0.350 e. The molecule has 168 valence electrons. The van der Waals surface area contributed by atoms with E-state index in [2.05, 4.69) is 64.2 Å². The number of Topliss-reactive ketones (excluding diaryl/α,β-unsaturated/α-hetero) is 1. The number of hydrazone groups is 1. The van der Waals surface area contributed by atoms with Gasteiger partial charge in [-0.2, -0.15) is 15.6 Å². The van der Waals surface area contributed by atoms with Crippen LogP contribution in [0.4, 0.5) is 5.69 Å². The van der Waals surface area contributed by atoms with Crippen LogP contribution in [0.1, 0.15) is 68.6 Å². The van der Waals surface area contributed by atoms with Crippen molar-refractivity contribution in [2.45, 2.75) is 52.4 Å². The predicted molar refractivity (Wildman–Crippen MR) is 132 cm³/mol. The van der Waals surface area contributed by atoms with E-state index in [1.54, 1.807) is 29.9 Å². The molecule has 6 nitrogen and oxygen atoms in total. The van der Waals surface area contributed by atoms with Gasteiger partial charge in [0, 0.05) is 24.1 Å². The van der Waals surface area contributed by atoms with Crippen molar-refractivity contribution in [2.75, 3.05) is 5.43 Å². The third kappa shape index (κ3) is 4.81. The first-order valence-corrected chi connectivity index (χ1v) is 10.8. The molecule has 0 amide bonds. The highest BCUT2D eigenvalue weighted by Gasteiger charge is 2.23. The Bertz CT molecular complexity index is 1320. The Kier molecular flexibility index (Phi) is 6.16. The molecule has 1 aromatic heterocycles. The molecular formula is C27H29N5O. The molecule has 0 saturated carbocycles. The highest BCUT2D eigenvalue weighted by atomic mass is 16.1. The third-order valence-electron chi connectivity index (χ3n) is 5.66. The van der Waals surface area contributed by atoms with Crippen molar-refractivity contribution < 1.29 is 4.79 Å². The topological polar surface area (TPSA) is 94.0 Å². The number of benzene rings is 2. The number of hydrogen-bond donors (Lipinski definition) is 1. The number of nitriles is 2. The molecule has 33 heavy (non-hydrogen) atoms. The number of anilines is 1. The maximum atomic E-state index is 13.2. The number of carbonyl (C=O) groups is 1. The molecule has 6 heteroatoms. The summed E-state index contributed by atoms with van der Waals surface area (Å²) in [4.78, 5) is 13.2. The molecule has 0 aliphatic heterocycles. The summed E-state index contributed by atoms with van der Waals surface area (Å²) in [6.45, 7) is 12.8. The molecule has 0 aliphatic rings. The number of nitrogens with one attached hydrogen (secondary N) is 1. The van der Waals surface area contributed by atoms with E-state index in [0.717, 1.165) is 16.6 Å². The Morgan fingerprint density at radius 2 is 1.61 bits per heavy atom. The highest BCUT2D eigenvalue weighted by Crippen LogP contribution is 2.32. The zero-order valence-corrected chi connectivity index (χ0v) is 20.2. The summed E-state index contributed by atoms with van der Waals surface area (Å²) >= 11 is 0. The fourth-order valence-corrected chi connectivity index (χ4v) is 3.64. The van der Waals surface area contributed by atoms with Gasteiger partial charge in [0.1, 0.15) is 6.07 Å². The van der Waals surface area contributed by atoms with Crippen LogP contribution in [0.15, 0.2) is 47.7 Å². The number of aromatic nitrogens is 1. The second kappa shape index (κ2) is 8.56. The van der Waals surface area contributed by atoms with Crippen LogP contribution in [0.3, 0.4) is 0 Å². The second-order valence-corrected chi connectivity index (χ2v) is 10.3. The van der Waals surface area contributed by atoms with E-state index in [4.69, 9.17) is 0 Å². The molecule has 0 aliphatic carbocycles.